The Morgan fingerprint density at radius 1 is 1.22 bits per heavy atom. The molecule has 2 aliphatic heterocycles. The van der Waals surface area contributed by atoms with Crippen molar-refractivity contribution in [2.75, 3.05) is 31.1 Å². The van der Waals surface area contributed by atoms with Crippen molar-refractivity contribution < 1.29 is 13.2 Å². The molecule has 0 spiro atoms. The highest BCUT2D eigenvalue weighted by Crippen LogP contribution is 2.33. The van der Waals surface area contributed by atoms with Gasteiger partial charge in [-0.05, 0) is 51.3 Å². The maximum atomic E-state index is 13.0. The first-order valence-corrected chi connectivity index (χ1v) is 11.6. The van der Waals surface area contributed by atoms with E-state index in [1.807, 2.05) is 26.0 Å². The van der Waals surface area contributed by atoms with E-state index in [-0.39, 0.29) is 6.10 Å². The third kappa shape index (κ3) is 3.70. The van der Waals surface area contributed by atoms with Gasteiger partial charge < -0.3 is 9.64 Å². The van der Waals surface area contributed by atoms with Crippen LogP contribution in [0.2, 0.25) is 0 Å². The van der Waals surface area contributed by atoms with E-state index in [2.05, 4.69) is 9.88 Å². The number of sulfonamides is 1. The lowest BCUT2D eigenvalue weighted by molar-refractivity contribution is 0.215. The monoisotopic (exact) mass is 407 g/mol. The van der Waals surface area contributed by atoms with Gasteiger partial charge in [0, 0.05) is 35.6 Å². The predicted molar refractivity (Wildman–Crippen MR) is 107 cm³/mol. The summed E-state index contributed by atoms with van der Waals surface area (Å²) in [6.45, 7) is 6.66. The van der Waals surface area contributed by atoms with Crippen LogP contribution in [0.15, 0.2) is 29.3 Å². The molecule has 0 radical (unpaired) electrons. The maximum Gasteiger partial charge on any atom is 0.244 e. The molecule has 146 valence electrons. The number of thiophene rings is 1. The summed E-state index contributed by atoms with van der Waals surface area (Å²) in [7, 11) is -3.46. The Kier molecular flexibility index (Phi) is 5.13. The summed E-state index contributed by atoms with van der Waals surface area (Å²) in [5.41, 5.74) is 0. The Bertz CT molecular complexity index is 920. The highest BCUT2D eigenvalue weighted by Gasteiger charge is 2.35. The Hall–Kier alpha value is -1.64. The highest BCUT2D eigenvalue weighted by atomic mass is 32.2. The number of hydrogen-bond acceptors (Lipinski definition) is 6. The second kappa shape index (κ2) is 7.41. The first-order chi connectivity index (χ1) is 12.9. The number of nitrogens with zero attached hydrogens (tertiary/aromatic N) is 3. The van der Waals surface area contributed by atoms with Crippen LogP contribution in [-0.2, 0) is 10.0 Å². The second-order valence-electron chi connectivity index (χ2n) is 7.19. The van der Waals surface area contributed by atoms with E-state index in [4.69, 9.17) is 4.74 Å². The number of hydrogen-bond donors (Lipinski definition) is 0. The van der Waals surface area contributed by atoms with Gasteiger partial charge >= 0.3 is 0 Å². The van der Waals surface area contributed by atoms with Gasteiger partial charge in [0.2, 0.25) is 10.0 Å². The molecule has 0 N–H and O–H groups in total. The predicted octanol–water partition coefficient (Wildman–Crippen LogP) is 3.20. The highest BCUT2D eigenvalue weighted by molar-refractivity contribution is 7.89. The molecule has 4 rings (SSSR count). The lowest BCUT2D eigenvalue weighted by atomic mass is 10.3. The molecular formula is C19H25N3O3S2. The molecule has 8 heteroatoms. The molecule has 2 aromatic rings. The quantitative estimate of drug-likeness (QED) is 0.762. The van der Waals surface area contributed by atoms with Crippen LogP contribution >= 0.6 is 11.3 Å². The zero-order valence-electron chi connectivity index (χ0n) is 15.7. The van der Waals surface area contributed by atoms with E-state index in [0.717, 1.165) is 34.4 Å². The average molecular weight is 408 g/mol. The van der Waals surface area contributed by atoms with Crippen molar-refractivity contribution in [3.05, 3.63) is 34.2 Å². The van der Waals surface area contributed by atoms with Crippen LogP contribution in [0.25, 0.3) is 0 Å². The fourth-order valence-corrected chi connectivity index (χ4v) is 6.85. The van der Waals surface area contributed by atoms with Crippen LogP contribution in [-0.4, -0.2) is 50.0 Å². The van der Waals surface area contributed by atoms with E-state index >= 15 is 0 Å². The SMILES string of the molecule is Cc1cc(S(=O)(=O)N2CCC(Oc3cccnc3N3CCCC3)C2)c(C)s1. The molecule has 0 aromatic carbocycles. The Balaban J connectivity index is 1.49. The smallest absolute Gasteiger partial charge is 0.244 e. The minimum atomic E-state index is -3.46. The summed E-state index contributed by atoms with van der Waals surface area (Å²) < 4.78 is 33.8. The van der Waals surface area contributed by atoms with Crippen molar-refractivity contribution in [2.24, 2.45) is 0 Å². The van der Waals surface area contributed by atoms with E-state index < -0.39 is 10.0 Å². The molecule has 4 heterocycles. The molecule has 1 unspecified atom stereocenters. The fourth-order valence-electron chi connectivity index (χ4n) is 3.84. The van der Waals surface area contributed by atoms with Crippen LogP contribution in [0.3, 0.4) is 0 Å². The van der Waals surface area contributed by atoms with E-state index in [1.165, 1.54) is 24.2 Å². The fraction of sp³-hybridized carbons (Fsp3) is 0.526. The molecule has 0 amide bonds. The van der Waals surface area contributed by atoms with Gasteiger partial charge in [0.05, 0.1) is 11.4 Å². The summed E-state index contributed by atoms with van der Waals surface area (Å²) >= 11 is 1.52. The lowest BCUT2D eigenvalue weighted by Gasteiger charge is -2.22. The molecule has 2 aromatic heterocycles. The standard InChI is InChI=1S/C19H25N3O3S2/c1-14-12-18(15(2)26-14)27(23,24)22-11-7-16(13-22)25-17-6-5-8-20-19(17)21-9-3-4-10-21/h5-6,8,12,16H,3-4,7,9-11,13H2,1-2H3. The van der Waals surface area contributed by atoms with Crippen LogP contribution in [0, 0.1) is 13.8 Å². The number of ether oxygens (including phenoxy) is 1. The Morgan fingerprint density at radius 3 is 2.70 bits per heavy atom. The van der Waals surface area contributed by atoms with E-state index in [1.54, 1.807) is 16.6 Å². The van der Waals surface area contributed by atoms with Gasteiger partial charge in [-0.1, -0.05) is 0 Å². The van der Waals surface area contributed by atoms with Crippen molar-refractivity contribution in [1.82, 2.24) is 9.29 Å². The Labute approximate surface area is 164 Å². The number of rotatable bonds is 5. The van der Waals surface area contributed by atoms with Crippen molar-refractivity contribution in [3.63, 3.8) is 0 Å². The average Bonchev–Trinajstić information content (AvgIpc) is 3.37. The molecule has 0 saturated carbocycles. The largest absolute Gasteiger partial charge is 0.485 e. The van der Waals surface area contributed by atoms with Crippen LogP contribution in [0.4, 0.5) is 5.82 Å². The zero-order valence-corrected chi connectivity index (χ0v) is 17.4. The summed E-state index contributed by atoms with van der Waals surface area (Å²) in [6, 6.07) is 5.58. The topological polar surface area (TPSA) is 62.7 Å². The first-order valence-electron chi connectivity index (χ1n) is 9.39. The first kappa shape index (κ1) is 18.7. The Morgan fingerprint density at radius 2 is 2.00 bits per heavy atom. The summed E-state index contributed by atoms with van der Waals surface area (Å²) in [5, 5.41) is 0. The molecule has 2 saturated heterocycles. The molecule has 2 aliphatic rings. The third-order valence-electron chi connectivity index (χ3n) is 5.17. The molecule has 27 heavy (non-hydrogen) atoms. The molecular weight excluding hydrogens is 382 g/mol. The van der Waals surface area contributed by atoms with Crippen LogP contribution < -0.4 is 9.64 Å². The normalized spacial score (nSPS) is 21.1. The number of anilines is 1. The second-order valence-corrected chi connectivity index (χ2v) is 10.6. The summed E-state index contributed by atoms with van der Waals surface area (Å²) in [4.78, 5) is 9.05. The summed E-state index contributed by atoms with van der Waals surface area (Å²) in [6.07, 6.45) is 4.67. The molecule has 0 bridgehead atoms. The maximum absolute atomic E-state index is 13.0. The van der Waals surface area contributed by atoms with E-state index in [0.29, 0.717) is 24.4 Å². The van der Waals surface area contributed by atoms with Gasteiger partial charge in [0.1, 0.15) is 6.10 Å². The van der Waals surface area contributed by atoms with Gasteiger partial charge in [-0.15, -0.1) is 11.3 Å². The van der Waals surface area contributed by atoms with Gasteiger partial charge in [-0.2, -0.15) is 4.31 Å². The number of aromatic nitrogens is 1. The van der Waals surface area contributed by atoms with Crippen molar-refractivity contribution in [1.29, 1.82) is 0 Å². The van der Waals surface area contributed by atoms with Crippen molar-refractivity contribution >= 4 is 27.2 Å². The number of pyridine rings is 1. The molecule has 6 nitrogen and oxygen atoms in total. The minimum absolute atomic E-state index is 0.148. The van der Waals surface area contributed by atoms with Crippen molar-refractivity contribution in [3.8, 4) is 5.75 Å². The molecule has 0 aliphatic carbocycles. The number of aryl methyl sites for hydroxylation is 2. The third-order valence-corrected chi connectivity index (χ3v) is 8.26. The van der Waals surface area contributed by atoms with Crippen molar-refractivity contribution in [2.45, 2.75) is 44.1 Å². The van der Waals surface area contributed by atoms with Crippen LogP contribution in [0.5, 0.6) is 5.75 Å². The zero-order chi connectivity index (χ0) is 19.0. The summed E-state index contributed by atoms with van der Waals surface area (Å²) in [5.74, 6) is 1.63. The molecule has 2 fully saturated rings. The van der Waals surface area contributed by atoms with Gasteiger partial charge in [0.15, 0.2) is 11.6 Å². The van der Waals surface area contributed by atoms with E-state index in [9.17, 15) is 8.42 Å². The molecule has 1 atom stereocenters. The van der Waals surface area contributed by atoms with Gasteiger partial charge in [-0.25, -0.2) is 13.4 Å². The lowest BCUT2D eigenvalue weighted by Crippen LogP contribution is -2.31. The van der Waals surface area contributed by atoms with Gasteiger partial charge in [-0.3, -0.25) is 0 Å². The van der Waals surface area contributed by atoms with Crippen LogP contribution in [0.1, 0.15) is 29.0 Å². The van der Waals surface area contributed by atoms with Gasteiger partial charge in [0.25, 0.3) is 0 Å². The minimum Gasteiger partial charge on any atom is -0.485 e.